The molecule has 1 fully saturated rings. The second-order valence-corrected chi connectivity index (χ2v) is 5.66. The number of rotatable bonds is 4. The van der Waals surface area contributed by atoms with Gasteiger partial charge in [-0.1, -0.05) is 17.7 Å². The second kappa shape index (κ2) is 6.15. The van der Waals surface area contributed by atoms with E-state index in [0.29, 0.717) is 5.69 Å². The fourth-order valence-electron chi connectivity index (χ4n) is 2.39. The number of aryl methyl sites for hydroxylation is 1. The minimum atomic E-state index is -0.704. The number of hydrogen-bond donors (Lipinski definition) is 1. The molecule has 2 amide bonds. The Morgan fingerprint density at radius 1 is 1.21 bits per heavy atom. The zero-order valence-corrected chi connectivity index (χ0v) is 12.9. The van der Waals surface area contributed by atoms with Crippen molar-refractivity contribution in [3.05, 3.63) is 57.8 Å². The number of amides is 2. The summed E-state index contributed by atoms with van der Waals surface area (Å²) in [5, 5.41) is 13.4. The molecule has 124 valence electrons. The molecule has 2 aromatic rings. The number of nitrogens with one attached hydrogen (secondary N) is 1. The molecule has 8 nitrogen and oxygen atoms in total. The lowest BCUT2D eigenvalue weighted by Crippen LogP contribution is -2.54. The Labute approximate surface area is 137 Å². The maximum atomic E-state index is 12.1. The smallest absolute Gasteiger partial charge is 0.395 e. The van der Waals surface area contributed by atoms with E-state index in [1.807, 2.05) is 31.2 Å². The number of likely N-dealkylation sites (tertiary alicyclic amines) is 1. The first kappa shape index (κ1) is 15.7. The molecule has 1 aliphatic heterocycles. The largest absolute Gasteiger partial charge is 0.433 e. The van der Waals surface area contributed by atoms with Crippen molar-refractivity contribution < 1.29 is 18.9 Å². The van der Waals surface area contributed by atoms with Crippen LogP contribution in [0.2, 0.25) is 0 Å². The maximum absolute atomic E-state index is 12.1. The van der Waals surface area contributed by atoms with Gasteiger partial charge in [0.2, 0.25) is 5.91 Å². The summed E-state index contributed by atoms with van der Waals surface area (Å²) < 4.78 is 4.88. The van der Waals surface area contributed by atoms with E-state index in [1.165, 1.54) is 11.0 Å². The molecule has 0 saturated carbocycles. The van der Waals surface area contributed by atoms with E-state index in [9.17, 15) is 19.7 Å². The van der Waals surface area contributed by atoms with Crippen LogP contribution < -0.4 is 5.32 Å². The number of hydrogen-bond acceptors (Lipinski definition) is 5. The summed E-state index contributed by atoms with van der Waals surface area (Å²) in [5.74, 6) is -1.50. The molecule has 24 heavy (non-hydrogen) atoms. The minimum Gasteiger partial charge on any atom is -0.395 e. The van der Waals surface area contributed by atoms with Crippen molar-refractivity contribution in [2.45, 2.75) is 6.92 Å². The van der Waals surface area contributed by atoms with E-state index in [0.717, 1.165) is 11.6 Å². The third-order valence-electron chi connectivity index (χ3n) is 3.84. The second-order valence-electron chi connectivity index (χ2n) is 5.66. The lowest BCUT2D eigenvalue weighted by molar-refractivity contribution is -0.402. The van der Waals surface area contributed by atoms with Crippen LogP contribution in [0.1, 0.15) is 16.1 Å². The van der Waals surface area contributed by atoms with E-state index in [1.54, 1.807) is 0 Å². The molecule has 0 bridgehead atoms. The van der Waals surface area contributed by atoms with Gasteiger partial charge in [-0.2, -0.15) is 0 Å². The number of nitro groups is 1. The molecule has 1 aromatic heterocycles. The van der Waals surface area contributed by atoms with Crippen LogP contribution in [0.25, 0.3) is 0 Å². The number of nitrogens with zero attached hydrogens (tertiary/aromatic N) is 2. The molecule has 3 rings (SSSR count). The van der Waals surface area contributed by atoms with Gasteiger partial charge < -0.3 is 14.6 Å². The van der Waals surface area contributed by atoms with Crippen molar-refractivity contribution in [1.29, 1.82) is 0 Å². The van der Waals surface area contributed by atoms with Gasteiger partial charge >= 0.3 is 5.88 Å². The Kier molecular flexibility index (Phi) is 4.03. The highest BCUT2D eigenvalue weighted by molar-refractivity contribution is 5.97. The minimum absolute atomic E-state index is 0.0981. The van der Waals surface area contributed by atoms with Crippen LogP contribution >= 0.6 is 0 Å². The van der Waals surface area contributed by atoms with Crippen molar-refractivity contribution in [1.82, 2.24) is 4.90 Å². The summed E-state index contributed by atoms with van der Waals surface area (Å²) in [6, 6.07) is 9.83. The third-order valence-corrected chi connectivity index (χ3v) is 3.84. The van der Waals surface area contributed by atoms with Gasteiger partial charge in [0, 0.05) is 18.8 Å². The van der Waals surface area contributed by atoms with Gasteiger partial charge in [-0.3, -0.25) is 19.7 Å². The standard InChI is InChI=1S/C16H15N3O5/c1-10-2-4-12(5-3-10)17-15(20)11-8-18(9-11)16(21)13-6-7-14(24-13)19(22)23/h2-7,11H,8-9H2,1H3,(H,17,20). The predicted molar refractivity (Wildman–Crippen MR) is 84.6 cm³/mol. The van der Waals surface area contributed by atoms with Gasteiger partial charge in [0.1, 0.15) is 4.92 Å². The lowest BCUT2D eigenvalue weighted by Gasteiger charge is -2.37. The quantitative estimate of drug-likeness (QED) is 0.684. The zero-order valence-electron chi connectivity index (χ0n) is 12.9. The Balaban J connectivity index is 1.54. The van der Waals surface area contributed by atoms with Crippen LogP contribution in [0.3, 0.4) is 0 Å². The van der Waals surface area contributed by atoms with Crippen LogP contribution in [0.5, 0.6) is 0 Å². The molecule has 0 atom stereocenters. The van der Waals surface area contributed by atoms with Crippen molar-refractivity contribution in [3.8, 4) is 0 Å². The summed E-state index contributed by atoms with van der Waals surface area (Å²) >= 11 is 0. The normalized spacial score (nSPS) is 14.1. The van der Waals surface area contributed by atoms with Gasteiger partial charge in [-0.05, 0) is 25.1 Å². The predicted octanol–water partition coefficient (Wildman–Crippen LogP) is 2.21. The monoisotopic (exact) mass is 329 g/mol. The highest BCUT2D eigenvalue weighted by Crippen LogP contribution is 2.23. The Bertz CT molecular complexity index is 790. The number of anilines is 1. The van der Waals surface area contributed by atoms with Crippen molar-refractivity contribution in [3.63, 3.8) is 0 Å². The molecule has 0 radical (unpaired) electrons. The van der Waals surface area contributed by atoms with E-state index >= 15 is 0 Å². The third kappa shape index (κ3) is 3.12. The van der Waals surface area contributed by atoms with Gasteiger partial charge in [0.05, 0.1) is 12.0 Å². The molecule has 1 N–H and O–H groups in total. The number of furan rings is 1. The molecular formula is C16H15N3O5. The van der Waals surface area contributed by atoms with E-state index in [2.05, 4.69) is 5.32 Å². The maximum Gasteiger partial charge on any atom is 0.433 e. The van der Waals surface area contributed by atoms with Gasteiger partial charge in [-0.15, -0.1) is 0 Å². The Morgan fingerprint density at radius 2 is 1.88 bits per heavy atom. The lowest BCUT2D eigenvalue weighted by atomic mass is 9.98. The molecule has 8 heteroatoms. The van der Waals surface area contributed by atoms with Crippen molar-refractivity contribution in [2.75, 3.05) is 18.4 Å². The highest BCUT2D eigenvalue weighted by Gasteiger charge is 2.37. The fourth-order valence-corrected chi connectivity index (χ4v) is 2.39. The first-order chi connectivity index (χ1) is 11.4. The molecule has 1 saturated heterocycles. The number of benzene rings is 1. The first-order valence-electron chi connectivity index (χ1n) is 7.35. The molecular weight excluding hydrogens is 314 g/mol. The van der Waals surface area contributed by atoms with Crippen molar-refractivity contribution >= 4 is 23.4 Å². The topological polar surface area (TPSA) is 106 Å². The summed E-state index contributed by atoms with van der Waals surface area (Å²) in [6.07, 6.45) is 0. The Hall–Kier alpha value is -3.16. The fraction of sp³-hybridized carbons (Fsp3) is 0.250. The SMILES string of the molecule is Cc1ccc(NC(=O)C2CN(C(=O)c3ccc([N+](=O)[O-])o3)C2)cc1. The van der Waals surface area contributed by atoms with E-state index in [-0.39, 0.29) is 30.7 Å². The first-order valence-corrected chi connectivity index (χ1v) is 7.35. The summed E-state index contributed by atoms with van der Waals surface area (Å²) in [7, 11) is 0. The average molecular weight is 329 g/mol. The van der Waals surface area contributed by atoms with Crippen LogP contribution in [0.15, 0.2) is 40.8 Å². The molecule has 0 spiro atoms. The van der Waals surface area contributed by atoms with E-state index < -0.39 is 16.7 Å². The molecule has 1 aromatic carbocycles. The molecule has 0 unspecified atom stereocenters. The van der Waals surface area contributed by atoms with Crippen LogP contribution in [-0.4, -0.2) is 34.7 Å². The molecule has 2 heterocycles. The van der Waals surface area contributed by atoms with Crippen LogP contribution in [-0.2, 0) is 4.79 Å². The van der Waals surface area contributed by atoms with Crippen LogP contribution in [0.4, 0.5) is 11.6 Å². The Morgan fingerprint density at radius 3 is 2.46 bits per heavy atom. The molecule has 1 aliphatic rings. The number of carbonyl (C=O) groups is 2. The van der Waals surface area contributed by atoms with Gasteiger partial charge in [0.25, 0.3) is 5.91 Å². The van der Waals surface area contributed by atoms with E-state index in [4.69, 9.17) is 4.42 Å². The van der Waals surface area contributed by atoms with Crippen LogP contribution in [0, 0.1) is 23.0 Å². The average Bonchev–Trinajstić information content (AvgIpc) is 2.98. The molecule has 0 aliphatic carbocycles. The van der Waals surface area contributed by atoms with Crippen molar-refractivity contribution in [2.24, 2.45) is 5.92 Å². The van der Waals surface area contributed by atoms with Gasteiger partial charge in [-0.25, -0.2) is 0 Å². The summed E-state index contributed by atoms with van der Waals surface area (Å²) in [4.78, 5) is 35.5. The highest BCUT2D eigenvalue weighted by atomic mass is 16.6. The summed E-state index contributed by atoms with van der Waals surface area (Å²) in [6.45, 7) is 2.47. The number of carbonyl (C=O) groups excluding carboxylic acids is 2. The summed E-state index contributed by atoms with van der Waals surface area (Å²) in [5.41, 5.74) is 1.80. The van der Waals surface area contributed by atoms with Gasteiger partial charge in [0.15, 0.2) is 5.76 Å². The zero-order chi connectivity index (χ0) is 17.3.